The van der Waals surface area contributed by atoms with E-state index in [0.717, 1.165) is 0 Å². The molecular weight excluding hydrogens is 188 g/mol. The quantitative estimate of drug-likeness (QED) is 0.404. The van der Waals surface area contributed by atoms with Gasteiger partial charge in [0.1, 0.15) is 0 Å². The largest absolute Gasteiger partial charge is 0.466 e. The Bertz CT molecular complexity index is 193. The first-order valence-corrected chi connectivity index (χ1v) is 4.30. The van der Waals surface area contributed by atoms with Crippen molar-refractivity contribution in [2.45, 2.75) is 20.3 Å². The van der Waals surface area contributed by atoms with Crippen LogP contribution in [0.3, 0.4) is 0 Å². The molecule has 0 aliphatic heterocycles. The Morgan fingerprint density at radius 2 is 1.93 bits per heavy atom. The molecule has 1 amide bonds. The minimum Gasteiger partial charge on any atom is -0.466 e. The fourth-order valence-electron chi connectivity index (χ4n) is 0.602. The number of ether oxygens (including phenoxy) is 2. The van der Waals surface area contributed by atoms with Crippen molar-refractivity contribution in [1.29, 1.82) is 0 Å². The third kappa shape index (κ3) is 7.08. The number of amides is 1. The summed E-state index contributed by atoms with van der Waals surface area (Å²) in [7, 11) is 0. The molecule has 6 heteroatoms. The van der Waals surface area contributed by atoms with Crippen molar-refractivity contribution in [2.24, 2.45) is 5.10 Å². The number of esters is 1. The zero-order valence-corrected chi connectivity index (χ0v) is 8.28. The Hall–Kier alpha value is -1.59. The summed E-state index contributed by atoms with van der Waals surface area (Å²) in [4.78, 5) is 21.4. The molecule has 0 aliphatic carbocycles. The van der Waals surface area contributed by atoms with Crippen molar-refractivity contribution >= 4 is 18.3 Å². The van der Waals surface area contributed by atoms with Crippen LogP contribution >= 0.6 is 0 Å². The number of nitrogens with one attached hydrogen (secondary N) is 1. The van der Waals surface area contributed by atoms with Gasteiger partial charge in [0, 0.05) is 6.21 Å². The third-order valence-electron chi connectivity index (χ3n) is 1.09. The van der Waals surface area contributed by atoms with Crippen LogP contribution in [0.2, 0.25) is 0 Å². The van der Waals surface area contributed by atoms with Gasteiger partial charge in [0.25, 0.3) is 0 Å². The monoisotopic (exact) mass is 202 g/mol. The first kappa shape index (κ1) is 12.4. The molecule has 0 spiro atoms. The second-order valence-electron chi connectivity index (χ2n) is 2.15. The van der Waals surface area contributed by atoms with Gasteiger partial charge >= 0.3 is 12.1 Å². The smallest absolute Gasteiger partial charge is 0.427 e. The first-order chi connectivity index (χ1) is 6.70. The maximum Gasteiger partial charge on any atom is 0.427 e. The van der Waals surface area contributed by atoms with Gasteiger partial charge in [-0.3, -0.25) is 4.79 Å². The summed E-state index contributed by atoms with van der Waals surface area (Å²) in [6.45, 7) is 4.00. The van der Waals surface area contributed by atoms with Gasteiger partial charge in [-0.1, -0.05) is 0 Å². The molecule has 14 heavy (non-hydrogen) atoms. The van der Waals surface area contributed by atoms with Crippen LogP contribution in [-0.4, -0.2) is 31.5 Å². The zero-order valence-electron chi connectivity index (χ0n) is 8.28. The summed E-state index contributed by atoms with van der Waals surface area (Å²) in [6, 6.07) is 0. The lowest BCUT2D eigenvalue weighted by atomic mass is 10.5. The number of hydrazone groups is 1. The lowest BCUT2D eigenvalue weighted by Crippen LogP contribution is -2.19. The van der Waals surface area contributed by atoms with E-state index < -0.39 is 6.09 Å². The highest BCUT2D eigenvalue weighted by Crippen LogP contribution is 1.82. The van der Waals surface area contributed by atoms with Crippen LogP contribution in [0, 0.1) is 0 Å². The molecule has 0 saturated carbocycles. The number of nitrogens with zero attached hydrogens (tertiary/aromatic N) is 1. The average Bonchev–Trinajstić information content (AvgIpc) is 2.13. The molecule has 1 N–H and O–H groups in total. The number of carbonyl (C=O) groups excluding carboxylic acids is 2. The SMILES string of the molecule is CCOC(=O)CC=NNC(=O)OCC. The van der Waals surface area contributed by atoms with Gasteiger partial charge in [0.05, 0.1) is 19.6 Å². The van der Waals surface area contributed by atoms with Crippen molar-refractivity contribution in [1.82, 2.24) is 5.43 Å². The minimum atomic E-state index is -0.646. The Kier molecular flexibility index (Phi) is 7.12. The lowest BCUT2D eigenvalue weighted by Gasteiger charge is -1.98. The zero-order chi connectivity index (χ0) is 10.8. The minimum absolute atomic E-state index is 0.0280. The number of carbonyl (C=O) groups is 2. The van der Waals surface area contributed by atoms with E-state index in [1.807, 2.05) is 0 Å². The van der Waals surface area contributed by atoms with E-state index in [-0.39, 0.29) is 19.0 Å². The molecule has 6 nitrogen and oxygen atoms in total. The molecule has 0 saturated heterocycles. The Labute approximate surface area is 82.3 Å². The number of hydrogen-bond acceptors (Lipinski definition) is 5. The summed E-state index contributed by atoms with van der Waals surface area (Å²) in [5, 5.41) is 3.46. The van der Waals surface area contributed by atoms with Crippen molar-refractivity contribution in [3.05, 3.63) is 0 Å². The van der Waals surface area contributed by atoms with E-state index in [0.29, 0.717) is 6.61 Å². The molecule has 0 aromatic carbocycles. The van der Waals surface area contributed by atoms with Crippen LogP contribution in [0.4, 0.5) is 4.79 Å². The van der Waals surface area contributed by atoms with Gasteiger partial charge in [-0.2, -0.15) is 5.10 Å². The highest BCUT2D eigenvalue weighted by Gasteiger charge is 1.98. The molecule has 80 valence electrons. The van der Waals surface area contributed by atoms with E-state index in [1.165, 1.54) is 6.21 Å². The predicted octanol–water partition coefficient (Wildman–Crippen LogP) is 0.671. The second kappa shape index (κ2) is 8.03. The van der Waals surface area contributed by atoms with Gasteiger partial charge in [-0.25, -0.2) is 10.2 Å². The summed E-state index contributed by atoms with van der Waals surface area (Å²) in [5.74, 6) is -0.387. The van der Waals surface area contributed by atoms with Crippen LogP contribution in [-0.2, 0) is 14.3 Å². The van der Waals surface area contributed by atoms with Gasteiger partial charge in [0.15, 0.2) is 0 Å². The molecule has 0 aromatic rings. The van der Waals surface area contributed by atoms with Crippen molar-refractivity contribution in [3.63, 3.8) is 0 Å². The Morgan fingerprint density at radius 1 is 1.29 bits per heavy atom. The van der Waals surface area contributed by atoms with E-state index in [9.17, 15) is 9.59 Å². The Balaban J connectivity index is 3.53. The molecular formula is C8H14N2O4. The summed E-state index contributed by atoms with van der Waals surface area (Å²) >= 11 is 0. The van der Waals surface area contributed by atoms with E-state index in [2.05, 4.69) is 20.0 Å². The topological polar surface area (TPSA) is 77.0 Å². The highest BCUT2D eigenvalue weighted by molar-refractivity contribution is 5.86. The van der Waals surface area contributed by atoms with Gasteiger partial charge < -0.3 is 9.47 Å². The van der Waals surface area contributed by atoms with Gasteiger partial charge in [-0.05, 0) is 13.8 Å². The van der Waals surface area contributed by atoms with Crippen molar-refractivity contribution < 1.29 is 19.1 Å². The summed E-state index contributed by atoms with van der Waals surface area (Å²) in [6.07, 6.45) is 0.627. The highest BCUT2D eigenvalue weighted by atomic mass is 16.6. The first-order valence-electron chi connectivity index (χ1n) is 4.30. The number of rotatable bonds is 5. The molecule has 0 atom stereocenters. The molecule has 0 fully saturated rings. The summed E-state index contributed by atoms with van der Waals surface area (Å²) in [5.41, 5.74) is 2.08. The maximum atomic E-state index is 10.8. The molecule has 0 radical (unpaired) electrons. The average molecular weight is 202 g/mol. The van der Waals surface area contributed by atoms with Crippen molar-refractivity contribution in [3.8, 4) is 0 Å². The summed E-state index contributed by atoms with van der Waals surface area (Å²) < 4.78 is 9.14. The Morgan fingerprint density at radius 3 is 2.50 bits per heavy atom. The standard InChI is InChI=1S/C8H14N2O4/c1-3-13-7(11)5-6-9-10-8(12)14-4-2/h6H,3-5H2,1-2H3,(H,10,12). The van der Waals surface area contributed by atoms with E-state index >= 15 is 0 Å². The van der Waals surface area contributed by atoms with Crippen LogP contribution < -0.4 is 5.43 Å². The normalized spacial score (nSPS) is 9.86. The van der Waals surface area contributed by atoms with Gasteiger partial charge in [-0.15, -0.1) is 0 Å². The third-order valence-corrected chi connectivity index (χ3v) is 1.09. The van der Waals surface area contributed by atoms with Crippen LogP contribution in [0.15, 0.2) is 5.10 Å². The van der Waals surface area contributed by atoms with Gasteiger partial charge in [0.2, 0.25) is 0 Å². The lowest BCUT2D eigenvalue weighted by molar-refractivity contribution is -0.141. The van der Waals surface area contributed by atoms with E-state index in [1.54, 1.807) is 13.8 Å². The fraction of sp³-hybridized carbons (Fsp3) is 0.625. The number of hydrogen-bond donors (Lipinski definition) is 1. The predicted molar refractivity (Wildman–Crippen MR) is 49.9 cm³/mol. The second-order valence-corrected chi connectivity index (χ2v) is 2.15. The molecule has 0 bridgehead atoms. The van der Waals surface area contributed by atoms with Crippen LogP contribution in [0.25, 0.3) is 0 Å². The molecule has 0 rings (SSSR count). The molecule has 0 heterocycles. The van der Waals surface area contributed by atoms with Crippen molar-refractivity contribution in [2.75, 3.05) is 13.2 Å². The van der Waals surface area contributed by atoms with E-state index in [4.69, 9.17) is 0 Å². The molecule has 0 aromatic heterocycles. The van der Waals surface area contributed by atoms with Crippen LogP contribution in [0.1, 0.15) is 20.3 Å². The fourth-order valence-corrected chi connectivity index (χ4v) is 0.602. The molecule has 0 unspecified atom stereocenters. The maximum absolute atomic E-state index is 10.8. The van der Waals surface area contributed by atoms with Crippen LogP contribution in [0.5, 0.6) is 0 Å². The molecule has 0 aliphatic rings.